The second-order valence-electron chi connectivity index (χ2n) is 6.66. The summed E-state index contributed by atoms with van der Waals surface area (Å²) in [7, 11) is 0. The van der Waals surface area contributed by atoms with Crippen molar-refractivity contribution in [2.24, 2.45) is 5.92 Å². The van der Waals surface area contributed by atoms with Crippen molar-refractivity contribution in [3.8, 4) is 0 Å². The van der Waals surface area contributed by atoms with Crippen LogP contribution in [0.3, 0.4) is 0 Å². The molecule has 1 unspecified atom stereocenters. The van der Waals surface area contributed by atoms with Gasteiger partial charge in [-0.15, -0.1) is 0 Å². The van der Waals surface area contributed by atoms with Crippen molar-refractivity contribution in [2.75, 3.05) is 24.6 Å². The van der Waals surface area contributed by atoms with Gasteiger partial charge in [0, 0.05) is 49.6 Å². The van der Waals surface area contributed by atoms with Gasteiger partial charge in [-0.25, -0.2) is 0 Å². The maximum Gasteiger partial charge on any atom is 0.269 e. The van der Waals surface area contributed by atoms with Crippen LogP contribution in [0.2, 0.25) is 0 Å². The Balaban J connectivity index is 1.50. The molecule has 6 heteroatoms. The van der Waals surface area contributed by atoms with E-state index in [-0.39, 0.29) is 17.2 Å². The van der Waals surface area contributed by atoms with Crippen LogP contribution in [-0.4, -0.2) is 41.8 Å². The molecule has 1 atom stereocenters. The maximum absolute atomic E-state index is 10.7. The second-order valence-corrected chi connectivity index (χ2v) is 6.66. The Kier molecular flexibility index (Phi) is 5.13. The number of aliphatic hydroxyl groups excluding tert-OH is 1. The number of benzene rings is 1. The van der Waals surface area contributed by atoms with Gasteiger partial charge in [0.15, 0.2) is 0 Å². The molecule has 1 aliphatic carbocycles. The zero-order chi connectivity index (χ0) is 16.2. The average Bonchev–Trinajstić information content (AvgIpc) is 3.40. The third-order valence-electron chi connectivity index (χ3n) is 5.00. The number of rotatable bonds is 7. The third-order valence-corrected chi connectivity index (χ3v) is 5.00. The van der Waals surface area contributed by atoms with Crippen molar-refractivity contribution < 1.29 is 10.0 Å². The number of nitrogens with zero attached hydrogens (tertiary/aromatic N) is 2. The Labute approximate surface area is 136 Å². The average molecular weight is 319 g/mol. The van der Waals surface area contributed by atoms with Crippen molar-refractivity contribution >= 4 is 11.4 Å². The molecule has 0 bridgehead atoms. The lowest BCUT2D eigenvalue weighted by Crippen LogP contribution is -2.47. The number of anilines is 1. The summed E-state index contributed by atoms with van der Waals surface area (Å²) in [5.74, 6) is 0.759. The van der Waals surface area contributed by atoms with E-state index in [4.69, 9.17) is 0 Å². The number of nitrogens with one attached hydrogen (secondary N) is 1. The van der Waals surface area contributed by atoms with Crippen molar-refractivity contribution in [1.29, 1.82) is 0 Å². The zero-order valence-electron chi connectivity index (χ0n) is 13.4. The summed E-state index contributed by atoms with van der Waals surface area (Å²) in [5, 5.41) is 23.7. The highest BCUT2D eigenvalue weighted by atomic mass is 16.6. The van der Waals surface area contributed by atoms with Crippen LogP contribution in [-0.2, 0) is 0 Å². The lowest BCUT2D eigenvalue weighted by atomic mass is 10.0. The summed E-state index contributed by atoms with van der Waals surface area (Å²) < 4.78 is 0. The van der Waals surface area contributed by atoms with E-state index in [1.165, 1.54) is 12.8 Å². The fourth-order valence-electron chi connectivity index (χ4n) is 3.49. The van der Waals surface area contributed by atoms with Gasteiger partial charge in [-0.1, -0.05) is 0 Å². The molecule has 0 amide bonds. The molecular weight excluding hydrogens is 294 g/mol. The fraction of sp³-hybridized carbons (Fsp3) is 0.647. The minimum atomic E-state index is -0.362. The fourth-order valence-corrected chi connectivity index (χ4v) is 3.49. The summed E-state index contributed by atoms with van der Waals surface area (Å²) in [6, 6.07) is 7.81. The number of nitro groups is 1. The van der Waals surface area contributed by atoms with Crippen LogP contribution in [0, 0.1) is 16.0 Å². The van der Waals surface area contributed by atoms with E-state index in [0.717, 1.165) is 44.0 Å². The first-order valence-electron chi connectivity index (χ1n) is 8.53. The van der Waals surface area contributed by atoms with E-state index in [1.807, 2.05) is 12.1 Å². The molecular formula is C17H25N3O3. The molecule has 1 saturated carbocycles. The van der Waals surface area contributed by atoms with Crippen LogP contribution in [0.1, 0.15) is 32.1 Å². The van der Waals surface area contributed by atoms with Gasteiger partial charge >= 0.3 is 0 Å². The van der Waals surface area contributed by atoms with Gasteiger partial charge in [-0.05, 0) is 50.2 Å². The molecule has 3 rings (SSSR count). The van der Waals surface area contributed by atoms with E-state index in [9.17, 15) is 15.2 Å². The molecule has 2 N–H and O–H groups in total. The molecule has 23 heavy (non-hydrogen) atoms. The molecule has 1 saturated heterocycles. The van der Waals surface area contributed by atoms with Gasteiger partial charge in [0.2, 0.25) is 0 Å². The van der Waals surface area contributed by atoms with Gasteiger partial charge in [0.1, 0.15) is 0 Å². The van der Waals surface area contributed by atoms with E-state index in [0.29, 0.717) is 12.1 Å². The van der Waals surface area contributed by atoms with Crippen LogP contribution in [0.25, 0.3) is 0 Å². The minimum Gasteiger partial charge on any atom is -0.396 e. The monoisotopic (exact) mass is 319 g/mol. The predicted molar refractivity (Wildman–Crippen MR) is 89.7 cm³/mol. The normalized spacial score (nSPS) is 20.5. The second kappa shape index (κ2) is 7.27. The zero-order valence-corrected chi connectivity index (χ0v) is 13.4. The van der Waals surface area contributed by atoms with E-state index in [1.54, 1.807) is 12.1 Å². The van der Waals surface area contributed by atoms with Crippen LogP contribution >= 0.6 is 0 Å². The largest absolute Gasteiger partial charge is 0.396 e. The Morgan fingerprint density at radius 3 is 2.39 bits per heavy atom. The molecule has 2 aliphatic rings. The minimum absolute atomic E-state index is 0.140. The molecule has 6 nitrogen and oxygen atoms in total. The smallest absolute Gasteiger partial charge is 0.269 e. The van der Waals surface area contributed by atoms with Gasteiger partial charge in [0.05, 0.1) is 4.92 Å². The number of piperidine rings is 1. The summed E-state index contributed by atoms with van der Waals surface area (Å²) in [5.41, 5.74) is 1.20. The van der Waals surface area contributed by atoms with Gasteiger partial charge < -0.3 is 15.3 Å². The quantitative estimate of drug-likeness (QED) is 0.595. The maximum atomic E-state index is 10.7. The highest BCUT2D eigenvalue weighted by molar-refractivity contribution is 5.51. The highest BCUT2D eigenvalue weighted by Crippen LogP contribution is 2.34. The Morgan fingerprint density at radius 2 is 1.87 bits per heavy atom. The standard InChI is InChI=1S/C17H25N3O3/c21-12-9-17(13-1-2-13)18-14-7-10-19(11-8-14)15-3-5-16(6-4-15)20(22)23/h3-6,13-14,17-18,21H,1-2,7-12H2. The van der Waals surface area contributed by atoms with Crippen LogP contribution in [0.5, 0.6) is 0 Å². The molecule has 1 aliphatic heterocycles. The molecule has 1 aromatic carbocycles. The van der Waals surface area contributed by atoms with E-state index < -0.39 is 0 Å². The van der Waals surface area contributed by atoms with Crippen LogP contribution < -0.4 is 10.2 Å². The topological polar surface area (TPSA) is 78.6 Å². The molecule has 126 valence electrons. The van der Waals surface area contributed by atoms with Gasteiger partial charge in [-0.3, -0.25) is 10.1 Å². The molecule has 0 radical (unpaired) electrons. The summed E-state index contributed by atoms with van der Waals surface area (Å²) >= 11 is 0. The summed E-state index contributed by atoms with van der Waals surface area (Å²) in [6.07, 6.45) is 5.59. The van der Waals surface area contributed by atoms with Crippen molar-refractivity contribution in [2.45, 2.75) is 44.2 Å². The van der Waals surface area contributed by atoms with E-state index in [2.05, 4.69) is 10.2 Å². The Morgan fingerprint density at radius 1 is 1.22 bits per heavy atom. The first kappa shape index (κ1) is 16.2. The van der Waals surface area contributed by atoms with Crippen molar-refractivity contribution in [3.05, 3.63) is 34.4 Å². The number of nitro benzene ring substituents is 1. The predicted octanol–water partition coefficient (Wildman–Crippen LogP) is 2.31. The number of non-ortho nitro benzene ring substituents is 1. The lowest BCUT2D eigenvalue weighted by molar-refractivity contribution is -0.384. The highest BCUT2D eigenvalue weighted by Gasteiger charge is 2.32. The summed E-state index contributed by atoms with van der Waals surface area (Å²) in [6.45, 7) is 2.19. The van der Waals surface area contributed by atoms with Crippen LogP contribution in [0.4, 0.5) is 11.4 Å². The molecule has 0 spiro atoms. The van der Waals surface area contributed by atoms with Gasteiger partial charge in [0.25, 0.3) is 5.69 Å². The lowest BCUT2D eigenvalue weighted by Gasteiger charge is -2.36. The number of hydrogen-bond acceptors (Lipinski definition) is 5. The summed E-state index contributed by atoms with van der Waals surface area (Å²) in [4.78, 5) is 12.6. The molecule has 1 heterocycles. The first-order chi connectivity index (χ1) is 11.2. The van der Waals surface area contributed by atoms with Crippen molar-refractivity contribution in [3.63, 3.8) is 0 Å². The van der Waals surface area contributed by atoms with Crippen LogP contribution in [0.15, 0.2) is 24.3 Å². The SMILES string of the molecule is O=[N+]([O-])c1ccc(N2CCC(NC(CCO)C3CC3)CC2)cc1. The van der Waals surface area contributed by atoms with E-state index >= 15 is 0 Å². The molecule has 1 aromatic rings. The first-order valence-corrected chi connectivity index (χ1v) is 8.53. The molecule has 0 aromatic heterocycles. The van der Waals surface area contributed by atoms with Crippen molar-refractivity contribution in [1.82, 2.24) is 5.32 Å². The number of aliphatic hydroxyl groups is 1. The molecule has 2 fully saturated rings. The van der Waals surface area contributed by atoms with Gasteiger partial charge in [-0.2, -0.15) is 0 Å². The third kappa shape index (κ3) is 4.20. The Hall–Kier alpha value is -1.66. The Bertz CT molecular complexity index is 522. The number of hydrogen-bond donors (Lipinski definition) is 2.